The highest BCUT2D eigenvalue weighted by Gasteiger charge is 2.28. The van der Waals surface area contributed by atoms with Gasteiger partial charge in [-0.3, -0.25) is 9.59 Å². The fourth-order valence-corrected chi connectivity index (χ4v) is 5.78. The van der Waals surface area contributed by atoms with Gasteiger partial charge < -0.3 is 15.1 Å². The van der Waals surface area contributed by atoms with Crippen LogP contribution in [0.1, 0.15) is 47.1 Å². The summed E-state index contributed by atoms with van der Waals surface area (Å²) >= 11 is 7.78. The zero-order valence-corrected chi connectivity index (χ0v) is 22.6. The van der Waals surface area contributed by atoms with Gasteiger partial charge in [0.15, 0.2) is 0 Å². The minimum absolute atomic E-state index is 0.0924. The molecule has 36 heavy (non-hydrogen) atoms. The Balaban J connectivity index is 1.62. The van der Waals surface area contributed by atoms with Gasteiger partial charge >= 0.3 is 0 Å². The number of benzene rings is 3. The van der Waals surface area contributed by atoms with Crippen LogP contribution in [0.3, 0.4) is 0 Å². The van der Waals surface area contributed by atoms with E-state index in [1.54, 1.807) is 16.7 Å². The maximum absolute atomic E-state index is 13.7. The van der Waals surface area contributed by atoms with Gasteiger partial charge in [-0.15, -0.1) is 0 Å². The minimum atomic E-state index is -0.124. The molecule has 4 rings (SSSR count). The molecule has 188 valence electrons. The molecule has 3 aromatic carbocycles. The highest BCUT2D eigenvalue weighted by molar-refractivity contribution is 7.99. The largest absolute Gasteiger partial charge is 0.352 e. The second-order valence-corrected chi connectivity index (χ2v) is 10.8. The number of rotatable bonds is 9. The third kappa shape index (κ3) is 6.12. The van der Waals surface area contributed by atoms with Crippen molar-refractivity contribution in [3.8, 4) is 0 Å². The van der Waals surface area contributed by atoms with E-state index in [2.05, 4.69) is 26.1 Å². The Morgan fingerprint density at radius 2 is 1.81 bits per heavy atom. The Morgan fingerprint density at radius 1 is 1.03 bits per heavy atom. The van der Waals surface area contributed by atoms with E-state index in [-0.39, 0.29) is 11.8 Å². The predicted molar refractivity (Wildman–Crippen MR) is 147 cm³/mol. The number of nitrogens with one attached hydrogen (secondary N) is 2. The lowest BCUT2D eigenvalue weighted by Crippen LogP contribution is -3.12. The van der Waals surface area contributed by atoms with Crippen molar-refractivity contribution in [3.63, 3.8) is 0 Å². The van der Waals surface area contributed by atoms with Crippen LogP contribution in [0.5, 0.6) is 0 Å². The first kappa shape index (κ1) is 26.3. The molecule has 1 aliphatic rings. The second-order valence-electron chi connectivity index (χ2n) is 9.28. The number of nitrogens with zero attached hydrogens (tertiary/aromatic N) is 1. The molecule has 0 aliphatic carbocycles. The van der Waals surface area contributed by atoms with Gasteiger partial charge in [-0.05, 0) is 61.9 Å². The molecular formula is C29H33ClN3O2S+. The summed E-state index contributed by atoms with van der Waals surface area (Å²) in [6.45, 7) is 10.7. The zero-order chi connectivity index (χ0) is 25.7. The molecule has 0 radical (unpaired) electrons. The number of hydrogen-bond acceptors (Lipinski definition) is 3. The summed E-state index contributed by atoms with van der Waals surface area (Å²) in [5.41, 5.74) is 2.86. The highest BCUT2D eigenvalue weighted by Crippen LogP contribution is 2.42. The summed E-state index contributed by atoms with van der Waals surface area (Å²) in [6.07, 6.45) is 0. The van der Waals surface area contributed by atoms with Crippen LogP contribution in [0.2, 0.25) is 5.02 Å². The van der Waals surface area contributed by atoms with Gasteiger partial charge in [-0.1, -0.05) is 54.6 Å². The van der Waals surface area contributed by atoms with Crippen LogP contribution in [0, 0.1) is 5.92 Å². The first-order chi connectivity index (χ1) is 17.4. The number of halogens is 1. The normalized spacial score (nSPS) is 13.7. The van der Waals surface area contributed by atoms with Crippen LogP contribution in [-0.4, -0.2) is 38.0 Å². The molecule has 0 fully saturated rings. The number of carbonyl (C=O) groups excluding carboxylic acids is 2. The Kier molecular flexibility index (Phi) is 8.72. The third-order valence-electron chi connectivity index (χ3n) is 6.57. The van der Waals surface area contributed by atoms with Crippen LogP contribution in [0.25, 0.3) is 0 Å². The van der Waals surface area contributed by atoms with Gasteiger partial charge in [0.25, 0.3) is 11.8 Å². The quantitative estimate of drug-likeness (QED) is 0.418. The van der Waals surface area contributed by atoms with Crippen molar-refractivity contribution in [2.45, 2.75) is 37.1 Å². The number of hydrogen-bond donors (Lipinski definition) is 2. The van der Waals surface area contributed by atoms with Gasteiger partial charge in [0, 0.05) is 32.8 Å². The lowest BCUT2D eigenvalue weighted by molar-refractivity contribution is -0.899. The number of quaternary nitrogens is 1. The first-order valence-corrected chi connectivity index (χ1v) is 13.7. The van der Waals surface area contributed by atoms with E-state index >= 15 is 0 Å². The van der Waals surface area contributed by atoms with Crippen molar-refractivity contribution in [2.24, 2.45) is 5.92 Å². The lowest BCUT2D eigenvalue weighted by Gasteiger charge is -2.24. The molecule has 2 N–H and O–H groups in total. The molecule has 0 bridgehead atoms. The standard InChI is InChI=1S/C29H32ClN3O2S/c1-4-32(5-2)18-20(3)17-31-28(34)22-13-14-27-25(16-22)33(19-21-9-8-10-23(30)15-21)29(35)24-11-6-7-12-26(24)36-27/h6-16,20H,4-5,17-19H2,1-3H3,(H,31,34)/p+1. The Hall–Kier alpha value is -2.80. The van der Waals surface area contributed by atoms with Crippen molar-refractivity contribution in [1.82, 2.24) is 5.32 Å². The van der Waals surface area contributed by atoms with Crippen molar-refractivity contribution >= 4 is 40.9 Å². The molecule has 0 aromatic heterocycles. The summed E-state index contributed by atoms with van der Waals surface area (Å²) in [6, 6.07) is 20.8. The topological polar surface area (TPSA) is 53.9 Å². The fourth-order valence-electron chi connectivity index (χ4n) is 4.51. The summed E-state index contributed by atoms with van der Waals surface area (Å²) in [5, 5.41) is 3.72. The SMILES string of the molecule is CC[NH+](CC)CC(C)CNC(=O)c1ccc2c(c1)N(Cc1cccc(Cl)c1)C(=O)c1ccccc1S2. The summed E-state index contributed by atoms with van der Waals surface area (Å²) in [7, 11) is 0. The minimum Gasteiger partial charge on any atom is -0.352 e. The second kappa shape index (κ2) is 12.0. The maximum Gasteiger partial charge on any atom is 0.259 e. The summed E-state index contributed by atoms with van der Waals surface area (Å²) < 4.78 is 0. The molecule has 0 saturated heterocycles. The molecule has 1 unspecified atom stereocenters. The van der Waals surface area contributed by atoms with Crippen molar-refractivity contribution in [2.75, 3.05) is 31.1 Å². The van der Waals surface area contributed by atoms with Crippen molar-refractivity contribution in [3.05, 3.63) is 88.4 Å². The maximum atomic E-state index is 13.7. The molecule has 1 atom stereocenters. The van der Waals surface area contributed by atoms with Gasteiger partial charge in [-0.2, -0.15) is 0 Å². The molecular weight excluding hydrogens is 490 g/mol. The predicted octanol–water partition coefficient (Wildman–Crippen LogP) is 4.94. The monoisotopic (exact) mass is 522 g/mol. The Labute approximate surface area is 222 Å². The van der Waals surface area contributed by atoms with Crippen LogP contribution in [-0.2, 0) is 6.54 Å². The molecule has 0 saturated carbocycles. The van der Waals surface area contributed by atoms with Crippen LogP contribution in [0.4, 0.5) is 5.69 Å². The highest BCUT2D eigenvalue weighted by atomic mass is 35.5. The van der Waals surface area contributed by atoms with Crippen molar-refractivity contribution < 1.29 is 14.5 Å². The molecule has 1 heterocycles. The fraction of sp³-hybridized carbons (Fsp3) is 0.310. The molecule has 7 heteroatoms. The van der Waals surface area contributed by atoms with Crippen molar-refractivity contribution in [1.29, 1.82) is 0 Å². The van der Waals surface area contributed by atoms with E-state index in [1.807, 2.05) is 66.7 Å². The zero-order valence-electron chi connectivity index (χ0n) is 21.0. The Bertz CT molecular complexity index is 1240. The number of fused-ring (bicyclic) bond motifs is 2. The van der Waals surface area contributed by atoms with Crippen LogP contribution in [0.15, 0.2) is 76.5 Å². The van der Waals surface area contributed by atoms with E-state index < -0.39 is 0 Å². The van der Waals surface area contributed by atoms with E-state index in [0.29, 0.717) is 35.2 Å². The van der Waals surface area contributed by atoms with E-state index in [0.717, 1.165) is 40.7 Å². The number of anilines is 1. The third-order valence-corrected chi connectivity index (χ3v) is 7.95. The first-order valence-electron chi connectivity index (χ1n) is 12.5. The van der Waals surface area contributed by atoms with Gasteiger partial charge in [-0.25, -0.2) is 0 Å². The van der Waals surface area contributed by atoms with E-state index in [1.165, 1.54) is 4.90 Å². The number of amides is 2. The average molecular weight is 523 g/mol. The smallest absolute Gasteiger partial charge is 0.259 e. The molecule has 1 aliphatic heterocycles. The van der Waals surface area contributed by atoms with Gasteiger partial charge in [0.05, 0.1) is 37.4 Å². The Morgan fingerprint density at radius 3 is 2.56 bits per heavy atom. The summed E-state index contributed by atoms with van der Waals surface area (Å²) in [4.78, 5) is 31.9. The van der Waals surface area contributed by atoms with E-state index in [9.17, 15) is 9.59 Å². The molecule has 3 aromatic rings. The lowest BCUT2D eigenvalue weighted by atomic mass is 10.1. The van der Waals surface area contributed by atoms with Crippen LogP contribution < -0.4 is 15.1 Å². The summed E-state index contributed by atoms with van der Waals surface area (Å²) in [5.74, 6) is 0.155. The van der Waals surface area contributed by atoms with Crippen LogP contribution >= 0.6 is 23.4 Å². The average Bonchev–Trinajstić information content (AvgIpc) is 3.00. The number of carbonyl (C=O) groups is 2. The van der Waals surface area contributed by atoms with Gasteiger partial charge in [0.2, 0.25) is 0 Å². The molecule has 5 nitrogen and oxygen atoms in total. The van der Waals surface area contributed by atoms with Gasteiger partial charge in [0.1, 0.15) is 0 Å². The molecule has 2 amide bonds. The molecule has 0 spiro atoms. The van der Waals surface area contributed by atoms with E-state index in [4.69, 9.17) is 11.6 Å².